The predicted molar refractivity (Wildman–Crippen MR) is 74.6 cm³/mol. The Morgan fingerprint density at radius 3 is 2.95 bits per heavy atom. The molecule has 0 saturated carbocycles. The molecule has 0 spiro atoms. The molecule has 1 aromatic carbocycles. The van der Waals surface area contributed by atoms with Crippen LogP contribution in [0, 0.1) is 5.82 Å². The predicted octanol–water partition coefficient (Wildman–Crippen LogP) is 1.41. The van der Waals surface area contributed by atoms with Gasteiger partial charge in [-0.3, -0.25) is 0 Å². The van der Waals surface area contributed by atoms with E-state index in [-0.39, 0.29) is 17.3 Å². The summed E-state index contributed by atoms with van der Waals surface area (Å²) in [5, 5.41) is 7.72. The highest BCUT2D eigenvalue weighted by atomic mass is 35.5. The van der Waals surface area contributed by atoms with Crippen molar-refractivity contribution in [1.82, 2.24) is 15.0 Å². The number of esters is 1. The molecule has 2 aromatic rings. The highest BCUT2D eigenvalue weighted by Gasteiger charge is 2.20. The number of methoxy groups -OCH3 is 1. The van der Waals surface area contributed by atoms with Gasteiger partial charge in [0.2, 0.25) is 0 Å². The third kappa shape index (κ3) is 3.20. The number of rotatable bonds is 5. The number of carbonyl (C=O) groups excluding carboxylic acids is 1. The van der Waals surface area contributed by atoms with E-state index in [1.807, 2.05) is 0 Å². The lowest BCUT2D eigenvalue weighted by Crippen LogP contribution is -2.15. The molecule has 2 N–H and O–H groups in total. The first kappa shape index (κ1) is 15.4. The maximum Gasteiger partial charge on any atom is 0.360 e. The average molecular weight is 313 g/mol. The summed E-state index contributed by atoms with van der Waals surface area (Å²) in [4.78, 5) is 11.6. The monoisotopic (exact) mass is 312 g/mol. The summed E-state index contributed by atoms with van der Waals surface area (Å²) in [6, 6.07) is 4.50. The molecule has 0 aliphatic rings. The summed E-state index contributed by atoms with van der Waals surface area (Å²) in [6.07, 6.45) is 0.393. The maximum atomic E-state index is 13.4. The fraction of sp³-hybridized carbons (Fsp3) is 0.308. The lowest BCUT2D eigenvalue weighted by Gasteiger charge is -2.08. The third-order valence-corrected chi connectivity index (χ3v) is 3.37. The molecule has 0 unspecified atom stereocenters. The van der Waals surface area contributed by atoms with Gasteiger partial charge in [-0.2, -0.15) is 0 Å². The summed E-state index contributed by atoms with van der Waals surface area (Å²) in [5.74, 6) is -1.10. The van der Waals surface area contributed by atoms with Gasteiger partial charge in [-0.15, -0.1) is 5.10 Å². The lowest BCUT2D eigenvalue weighted by atomic mass is 10.2. The lowest BCUT2D eigenvalue weighted by molar-refractivity contribution is 0.0592. The molecule has 0 radical (unpaired) electrons. The van der Waals surface area contributed by atoms with Gasteiger partial charge < -0.3 is 10.5 Å². The summed E-state index contributed by atoms with van der Waals surface area (Å²) in [7, 11) is 1.26. The Balaban J connectivity index is 2.38. The van der Waals surface area contributed by atoms with Crippen molar-refractivity contribution in [2.45, 2.75) is 13.0 Å². The van der Waals surface area contributed by atoms with Gasteiger partial charge in [0.05, 0.1) is 24.4 Å². The first-order valence-electron chi connectivity index (χ1n) is 6.22. The second kappa shape index (κ2) is 6.64. The Labute approximate surface area is 125 Å². The van der Waals surface area contributed by atoms with E-state index in [1.165, 1.54) is 17.9 Å². The Morgan fingerprint density at radius 2 is 2.29 bits per heavy atom. The standard InChI is InChI=1S/C13H14ClFN4O2/c1-21-13(20)12-10(5-6-16)19(18-17-12)7-8-3-2-4-9(15)11(8)14/h2-4H,5-7,16H2,1H3. The van der Waals surface area contributed by atoms with Crippen molar-refractivity contribution in [3.8, 4) is 0 Å². The van der Waals surface area contributed by atoms with E-state index in [0.29, 0.717) is 24.2 Å². The van der Waals surface area contributed by atoms with Crippen LogP contribution < -0.4 is 5.73 Å². The number of hydrogen-bond acceptors (Lipinski definition) is 5. The highest BCUT2D eigenvalue weighted by Crippen LogP contribution is 2.21. The van der Waals surface area contributed by atoms with E-state index >= 15 is 0 Å². The second-order valence-electron chi connectivity index (χ2n) is 4.29. The van der Waals surface area contributed by atoms with Crippen molar-refractivity contribution in [2.75, 3.05) is 13.7 Å². The molecule has 8 heteroatoms. The van der Waals surface area contributed by atoms with E-state index in [0.717, 1.165) is 0 Å². The molecule has 2 rings (SSSR count). The molecule has 0 saturated heterocycles. The topological polar surface area (TPSA) is 83.0 Å². The minimum atomic E-state index is -0.588. The van der Waals surface area contributed by atoms with E-state index in [2.05, 4.69) is 15.0 Å². The van der Waals surface area contributed by atoms with Crippen LogP contribution in [0.2, 0.25) is 5.02 Å². The summed E-state index contributed by atoms with van der Waals surface area (Å²) in [6.45, 7) is 0.504. The Bertz CT molecular complexity index is 660. The summed E-state index contributed by atoms with van der Waals surface area (Å²) < 4.78 is 19.6. The number of aromatic nitrogens is 3. The van der Waals surface area contributed by atoms with Crippen LogP contribution in [0.25, 0.3) is 0 Å². The number of nitrogens with zero attached hydrogens (tertiary/aromatic N) is 3. The van der Waals surface area contributed by atoms with Gasteiger partial charge in [-0.25, -0.2) is 13.9 Å². The SMILES string of the molecule is COC(=O)c1nnn(Cc2cccc(F)c2Cl)c1CCN. The minimum absolute atomic E-state index is 0.0197. The largest absolute Gasteiger partial charge is 0.464 e. The van der Waals surface area contributed by atoms with Gasteiger partial charge in [0.15, 0.2) is 5.69 Å². The van der Waals surface area contributed by atoms with Crippen molar-refractivity contribution in [2.24, 2.45) is 5.73 Å². The maximum absolute atomic E-state index is 13.4. The van der Waals surface area contributed by atoms with Crippen molar-refractivity contribution < 1.29 is 13.9 Å². The molecule has 0 atom stereocenters. The molecule has 112 valence electrons. The number of hydrogen-bond donors (Lipinski definition) is 1. The molecule has 21 heavy (non-hydrogen) atoms. The van der Waals surface area contributed by atoms with Crippen LogP contribution in [0.4, 0.5) is 4.39 Å². The summed E-state index contributed by atoms with van der Waals surface area (Å²) in [5.41, 5.74) is 6.72. The average Bonchev–Trinajstić information content (AvgIpc) is 2.86. The van der Waals surface area contributed by atoms with Crippen LogP contribution in [-0.2, 0) is 17.7 Å². The molecule has 0 bridgehead atoms. The molecular formula is C13H14ClFN4O2. The number of nitrogens with two attached hydrogens (primary N) is 1. The quantitative estimate of drug-likeness (QED) is 0.844. The van der Waals surface area contributed by atoms with Crippen LogP contribution in [0.3, 0.4) is 0 Å². The highest BCUT2D eigenvalue weighted by molar-refractivity contribution is 6.31. The third-order valence-electron chi connectivity index (χ3n) is 2.95. The smallest absolute Gasteiger partial charge is 0.360 e. The van der Waals surface area contributed by atoms with Gasteiger partial charge in [0, 0.05) is 6.42 Å². The van der Waals surface area contributed by atoms with Crippen LogP contribution in [0.1, 0.15) is 21.7 Å². The zero-order valence-corrected chi connectivity index (χ0v) is 12.1. The molecular weight excluding hydrogens is 299 g/mol. The zero-order valence-electron chi connectivity index (χ0n) is 11.3. The fourth-order valence-corrected chi connectivity index (χ4v) is 2.12. The van der Waals surface area contributed by atoms with E-state index in [1.54, 1.807) is 12.1 Å². The van der Waals surface area contributed by atoms with Crippen LogP contribution in [0.15, 0.2) is 18.2 Å². The second-order valence-corrected chi connectivity index (χ2v) is 4.66. The van der Waals surface area contributed by atoms with E-state index < -0.39 is 11.8 Å². The number of ether oxygens (including phenoxy) is 1. The van der Waals surface area contributed by atoms with Crippen LogP contribution in [0.5, 0.6) is 0 Å². The van der Waals surface area contributed by atoms with Crippen LogP contribution >= 0.6 is 11.6 Å². The summed E-state index contributed by atoms with van der Waals surface area (Å²) >= 11 is 5.92. The normalized spacial score (nSPS) is 10.7. The number of halogens is 2. The Morgan fingerprint density at radius 1 is 1.52 bits per heavy atom. The zero-order chi connectivity index (χ0) is 15.4. The number of carbonyl (C=O) groups is 1. The van der Waals surface area contributed by atoms with Gasteiger partial charge in [-0.1, -0.05) is 28.9 Å². The van der Waals surface area contributed by atoms with E-state index in [9.17, 15) is 9.18 Å². The van der Waals surface area contributed by atoms with Crippen LogP contribution in [-0.4, -0.2) is 34.6 Å². The molecule has 0 amide bonds. The molecule has 0 aliphatic carbocycles. The van der Waals surface area contributed by atoms with Gasteiger partial charge >= 0.3 is 5.97 Å². The molecule has 0 aliphatic heterocycles. The first-order chi connectivity index (χ1) is 10.1. The van der Waals surface area contributed by atoms with Gasteiger partial charge in [0.1, 0.15) is 5.82 Å². The Kier molecular flexibility index (Phi) is 4.87. The van der Waals surface area contributed by atoms with E-state index in [4.69, 9.17) is 17.3 Å². The van der Waals surface area contributed by atoms with Gasteiger partial charge in [0.25, 0.3) is 0 Å². The Hall–Kier alpha value is -1.99. The van der Waals surface area contributed by atoms with Gasteiger partial charge in [-0.05, 0) is 18.2 Å². The van der Waals surface area contributed by atoms with Crippen molar-refractivity contribution in [3.05, 3.63) is 46.0 Å². The first-order valence-corrected chi connectivity index (χ1v) is 6.60. The fourth-order valence-electron chi connectivity index (χ4n) is 1.93. The number of benzene rings is 1. The molecule has 0 fully saturated rings. The molecule has 6 nitrogen and oxygen atoms in total. The van der Waals surface area contributed by atoms with Crippen molar-refractivity contribution in [3.63, 3.8) is 0 Å². The molecule has 1 aromatic heterocycles. The van der Waals surface area contributed by atoms with Crippen molar-refractivity contribution >= 4 is 17.6 Å². The van der Waals surface area contributed by atoms with Crippen molar-refractivity contribution in [1.29, 1.82) is 0 Å². The minimum Gasteiger partial charge on any atom is -0.464 e. The molecule has 1 heterocycles.